The molecule has 1 amide bonds. The predicted octanol–water partition coefficient (Wildman–Crippen LogP) is 3.07. The van der Waals surface area contributed by atoms with E-state index in [1.165, 1.54) is 4.90 Å². The number of hydrogen-bond acceptors (Lipinski definition) is 3. The van der Waals surface area contributed by atoms with Gasteiger partial charge in [0.2, 0.25) is 5.91 Å². The molecule has 1 heterocycles. The first kappa shape index (κ1) is 14.9. The maximum Gasteiger partial charge on any atom is 0.239 e. The van der Waals surface area contributed by atoms with E-state index in [1.807, 2.05) is 23.1 Å². The average Bonchev–Trinajstić information content (AvgIpc) is 2.97. The lowest BCUT2D eigenvalue weighted by Gasteiger charge is -2.37. The summed E-state index contributed by atoms with van der Waals surface area (Å²) in [5, 5.41) is 9.84. The van der Waals surface area contributed by atoms with E-state index in [2.05, 4.69) is 12.1 Å². The van der Waals surface area contributed by atoms with Gasteiger partial charge >= 0.3 is 0 Å². The van der Waals surface area contributed by atoms with Gasteiger partial charge in [0.15, 0.2) is 0 Å². The standard InChI is InChI=1S/C17H23NO2S/c19-14-7-6-12-18(13-14)16(20)17(10-4-5-11-17)21-15-8-2-1-3-9-15/h1-3,8-9,14,19H,4-7,10-13H2. The van der Waals surface area contributed by atoms with Gasteiger partial charge in [0.05, 0.1) is 10.9 Å². The van der Waals surface area contributed by atoms with Crippen LogP contribution in [0.4, 0.5) is 0 Å². The van der Waals surface area contributed by atoms with Gasteiger partial charge in [-0.1, -0.05) is 31.0 Å². The smallest absolute Gasteiger partial charge is 0.239 e. The van der Waals surface area contributed by atoms with Crippen molar-refractivity contribution < 1.29 is 9.90 Å². The fourth-order valence-electron chi connectivity index (χ4n) is 3.45. The number of β-amino-alcohol motifs (C(OH)–C–C–N with tert-alkyl or cyclic N) is 1. The Morgan fingerprint density at radius 3 is 2.57 bits per heavy atom. The number of nitrogens with zero attached hydrogens (tertiary/aromatic N) is 1. The molecule has 0 bridgehead atoms. The lowest BCUT2D eigenvalue weighted by molar-refractivity contribution is -0.136. The fourth-order valence-corrected chi connectivity index (χ4v) is 4.90. The normalized spacial score (nSPS) is 25.0. The molecule has 1 aliphatic carbocycles. The zero-order chi connectivity index (χ0) is 14.7. The summed E-state index contributed by atoms with van der Waals surface area (Å²) in [5.41, 5.74) is 0. The molecule has 0 radical (unpaired) electrons. The minimum Gasteiger partial charge on any atom is -0.391 e. The lowest BCUT2D eigenvalue weighted by atomic mass is 10.0. The van der Waals surface area contributed by atoms with Gasteiger partial charge in [-0.2, -0.15) is 0 Å². The van der Waals surface area contributed by atoms with Gasteiger partial charge in [0.1, 0.15) is 0 Å². The number of carbonyl (C=O) groups excluding carboxylic acids is 1. The highest BCUT2D eigenvalue weighted by Crippen LogP contribution is 2.46. The number of rotatable bonds is 3. The molecule has 2 aliphatic rings. The molecule has 1 aromatic rings. The van der Waals surface area contributed by atoms with Crippen LogP contribution >= 0.6 is 11.8 Å². The number of hydrogen-bond donors (Lipinski definition) is 1. The average molecular weight is 305 g/mol. The van der Waals surface area contributed by atoms with E-state index < -0.39 is 0 Å². The Hall–Kier alpha value is -1.00. The van der Waals surface area contributed by atoms with Gasteiger partial charge in [-0.05, 0) is 37.8 Å². The molecular formula is C17H23NO2S. The summed E-state index contributed by atoms with van der Waals surface area (Å²) in [6.07, 6.45) is 5.56. The Balaban J connectivity index is 1.78. The van der Waals surface area contributed by atoms with Crippen molar-refractivity contribution in [2.75, 3.05) is 13.1 Å². The minimum absolute atomic E-state index is 0.243. The summed E-state index contributed by atoms with van der Waals surface area (Å²) >= 11 is 1.73. The molecule has 1 unspecified atom stereocenters. The Labute approximate surface area is 130 Å². The molecule has 21 heavy (non-hydrogen) atoms. The van der Waals surface area contributed by atoms with Crippen molar-refractivity contribution in [2.45, 2.75) is 54.3 Å². The van der Waals surface area contributed by atoms with Crippen LogP contribution in [0.3, 0.4) is 0 Å². The van der Waals surface area contributed by atoms with Crippen LogP contribution in [0.1, 0.15) is 38.5 Å². The summed E-state index contributed by atoms with van der Waals surface area (Å²) in [6, 6.07) is 10.2. The van der Waals surface area contributed by atoms with Crippen LogP contribution in [-0.2, 0) is 4.79 Å². The van der Waals surface area contributed by atoms with E-state index in [0.717, 1.165) is 45.1 Å². The third kappa shape index (κ3) is 3.27. The number of aliphatic hydroxyl groups excluding tert-OH is 1. The highest BCUT2D eigenvalue weighted by atomic mass is 32.2. The van der Waals surface area contributed by atoms with E-state index in [-0.39, 0.29) is 16.8 Å². The van der Waals surface area contributed by atoms with Crippen LogP contribution in [0.15, 0.2) is 35.2 Å². The van der Waals surface area contributed by atoms with Crippen LogP contribution in [0, 0.1) is 0 Å². The van der Waals surface area contributed by atoms with E-state index >= 15 is 0 Å². The first-order chi connectivity index (χ1) is 10.2. The third-order valence-corrected chi connectivity index (χ3v) is 6.02. The molecule has 114 valence electrons. The maximum absolute atomic E-state index is 13.1. The van der Waals surface area contributed by atoms with Crippen LogP contribution < -0.4 is 0 Å². The highest BCUT2D eigenvalue weighted by molar-refractivity contribution is 8.01. The van der Waals surface area contributed by atoms with Gasteiger partial charge in [-0.3, -0.25) is 4.79 Å². The second kappa shape index (κ2) is 6.41. The third-order valence-electron chi connectivity index (χ3n) is 4.54. The van der Waals surface area contributed by atoms with E-state index in [1.54, 1.807) is 11.8 Å². The number of thioether (sulfide) groups is 1. The van der Waals surface area contributed by atoms with Crippen molar-refractivity contribution in [1.29, 1.82) is 0 Å². The topological polar surface area (TPSA) is 40.5 Å². The Bertz CT molecular complexity index is 485. The summed E-state index contributed by atoms with van der Waals surface area (Å²) in [7, 11) is 0. The molecule has 1 N–H and O–H groups in total. The summed E-state index contributed by atoms with van der Waals surface area (Å²) in [5.74, 6) is 0.243. The quantitative estimate of drug-likeness (QED) is 0.933. The zero-order valence-corrected chi connectivity index (χ0v) is 13.1. The van der Waals surface area contributed by atoms with Crippen molar-refractivity contribution in [3.8, 4) is 0 Å². The molecule has 2 fully saturated rings. The Morgan fingerprint density at radius 1 is 1.19 bits per heavy atom. The predicted molar refractivity (Wildman–Crippen MR) is 85.3 cm³/mol. The summed E-state index contributed by atoms with van der Waals surface area (Å²) in [6.45, 7) is 1.31. The van der Waals surface area contributed by atoms with Gasteiger partial charge in [-0.15, -0.1) is 11.8 Å². The zero-order valence-electron chi connectivity index (χ0n) is 12.3. The van der Waals surface area contributed by atoms with Crippen molar-refractivity contribution in [2.24, 2.45) is 0 Å². The first-order valence-electron chi connectivity index (χ1n) is 7.91. The molecule has 1 aliphatic heterocycles. The van der Waals surface area contributed by atoms with Crippen LogP contribution in [-0.4, -0.2) is 39.9 Å². The van der Waals surface area contributed by atoms with Crippen molar-refractivity contribution in [1.82, 2.24) is 4.90 Å². The molecule has 0 aromatic heterocycles. The number of carbonyl (C=O) groups is 1. The largest absolute Gasteiger partial charge is 0.391 e. The van der Waals surface area contributed by atoms with Crippen LogP contribution in [0.5, 0.6) is 0 Å². The van der Waals surface area contributed by atoms with Gasteiger partial charge in [-0.25, -0.2) is 0 Å². The number of aliphatic hydroxyl groups is 1. The van der Waals surface area contributed by atoms with Gasteiger partial charge in [0.25, 0.3) is 0 Å². The molecule has 1 atom stereocenters. The van der Waals surface area contributed by atoms with Gasteiger partial charge < -0.3 is 10.0 Å². The summed E-state index contributed by atoms with van der Waals surface area (Å²) in [4.78, 5) is 16.1. The fraction of sp³-hybridized carbons (Fsp3) is 0.588. The Kier molecular flexibility index (Phi) is 4.55. The van der Waals surface area contributed by atoms with Crippen LogP contribution in [0.25, 0.3) is 0 Å². The molecule has 4 heteroatoms. The SMILES string of the molecule is O=C(N1CCCC(O)C1)C1(Sc2ccccc2)CCCC1. The first-order valence-corrected chi connectivity index (χ1v) is 8.73. The highest BCUT2D eigenvalue weighted by Gasteiger charge is 2.45. The van der Waals surface area contributed by atoms with Crippen molar-refractivity contribution in [3.05, 3.63) is 30.3 Å². The number of piperidine rings is 1. The minimum atomic E-state index is -0.345. The monoisotopic (exact) mass is 305 g/mol. The number of benzene rings is 1. The molecule has 1 saturated heterocycles. The van der Waals surface area contributed by atoms with Crippen molar-refractivity contribution >= 4 is 17.7 Å². The number of likely N-dealkylation sites (tertiary alicyclic amines) is 1. The molecule has 0 spiro atoms. The van der Waals surface area contributed by atoms with Gasteiger partial charge in [0, 0.05) is 18.0 Å². The second-order valence-corrected chi connectivity index (χ2v) is 7.62. The van der Waals surface area contributed by atoms with E-state index in [0.29, 0.717) is 6.54 Å². The van der Waals surface area contributed by atoms with Crippen LogP contribution in [0.2, 0.25) is 0 Å². The summed E-state index contributed by atoms with van der Waals surface area (Å²) < 4.78 is -0.307. The second-order valence-electron chi connectivity index (χ2n) is 6.16. The van der Waals surface area contributed by atoms with Crippen molar-refractivity contribution in [3.63, 3.8) is 0 Å². The Morgan fingerprint density at radius 2 is 1.90 bits per heavy atom. The molecule has 1 saturated carbocycles. The van der Waals surface area contributed by atoms with E-state index in [4.69, 9.17) is 0 Å². The molecule has 3 nitrogen and oxygen atoms in total. The molecule has 3 rings (SSSR count). The molecular weight excluding hydrogens is 282 g/mol. The molecule has 1 aromatic carbocycles. The number of amides is 1. The van der Waals surface area contributed by atoms with E-state index in [9.17, 15) is 9.90 Å². The lowest BCUT2D eigenvalue weighted by Crippen LogP contribution is -2.50. The maximum atomic E-state index is 13.1.